The molecule has 3 aromatic rings. The van der Waals surface area contributed by atoms with E-state index in [2.05, 4.69) is 10.2 Å². The highest BCUT2D eigenvalue weighted by atomic mass is 35.5. The van der Waals surface area contributed by atoms with E-state index >= 15 is 0 Å². The molecule has 2 atom stereocenters. The minimum Gasteiger partial charge on any atom is -0.495 e. The third-order valence-corrected chi connectivity index (χ3v) is 5.64. The summed E-state index contributed by atoms with van der Waals surface area (Å²) < 4.78 is 40.8. The Morgan fingerprint density at radius 1 is 1.33 bits per heavy atom. The summed E-state index contributed by atoms with van der Waals surface area (Å²) in [5.74, 6) is -2.03. The monoisotopic (exact) mass is 494 g/mol. The molecule has 0 aliphatic carbocycles. The number of carboxylic acid groups (broad SMARTS) is 1. The van der Waals surface area contributed by atoms with Crippen LogP contribution in [0.2, 0.25) is 5.02 Å². The lowest BCUT2D eigenvalue weighted by molar-refractivity contribution is -0.141. The molecular weight excluding hydrogens is 481 g/mol. The van der Waals surface area contributed by atoms with E-state index < -0.39 is 35.8 Å². The van der Waals surface area contributed by atoms with Gasteiger partial charge in [-0.1, -0.05) is 23.7 Å². The van der Waals surface area contributed by atoms with Crippen LogP contribution < -0.4 is 4.74 Å². The number of hydrogen-bond donors (Lipinski definition) is 1. The highest BCUT2D eigenvalue weighted by Gasteiger charge is 2.42. The number of carbonyl (C=O) groups is 1. The Kier molecular flexibility index (Phi) is 5.97. The van der Waals surface area contributed by atoms with Gasteiger partial charge in [-0.3, -0.25) is 9.36 Å². The van der Waals surface area contributed by atoms with Crippen LogP contribution in [0.1, 0.15) is 47.0 Å². The summed E-state index contributed by atoms with van der Waals surface area (Å²) in [6.07, 6.45) is -2.96. The van der Waals surface area contributed by atoms with E-state index in [1.54, 1.807) is 18.2 Å². The number of aliphatic carboxylic acids is 1. The number of nitriles is 1. The van der Waals surface area contributed by atoms with Gasteiger partial charge in [0.2, 0.25) is 5.82 Å². The fraction of sp³-hybridized carbons (Fsp3) is 0.238. The number of rotatable bonds is 5. The van der Waals surface area contributed by atoms with Gasteiger partial charge in [0.1, 0.15) is 18.0 Å². The standard InChI is InChI=1S/C21H14Cl2F2N4O4/c1-32-14-4-2-3-11(17(14)22)18-12-7-10(9-26)5-6-13(12)29-19(15(33-18)8-16(30)31)27-28-20(29)21(23,24)25/h2-7,15,18H,8H2,1H3,(H,30,31)/t15-,18-/m0/s1. The first-order valence-electron chi connectivity index (χ1n) is 9.42. The third-order valence-electron chi connectivity index (χ3n) is 5.07. The zero-order valence-electron chi connectivity index (χ0n) is 16.8. The first-order valence-corrected chi connectivity index (χ1v) is 10.2. The summed E-state index contributed by atoms with van der Waals surface area (Å²) in [7, 11) is 1.42. The molecule has 0 bridgehead atoms. The Morgan fingerprint density at radius 3 is 2.73 bits per heavy atom. The number of alkyl halides is 3. The third kappa shape index (κ3) is 4.11. The molecule has 170 valence electrons. The summed E-state index contributed by atoms with van der Waals surface area (Å²) in [5.41, 5.74) is 0.994. The van der Waals surface area contributed by atoms with Crippen LogP contribution in [0.5, 0.6) is 5.75 Å². The summed E-state index contributed by atoms with van der Waals surface area (Å²) in [5, 5.41) is 22.4. The van der Waals surface area contributed by atoms with E-state index in [0.29, 0.717) is 11.3 Å². The molecule has 1 aromatic heterocycles. The van der Waals surface area contributed by atoms with Crippen molar-refractivity contribution < 1.29 is 28.2 Å². The first-order chi connectivity index (χ1) is 15.7. The van der Waals surface area contributed by atoms with Crippen molar-refractivity contribution in [1.82, 2.24) is 14.8 Å². The van der Waals surface area contributed by atoms with E-state index in [0.717, 1.165) is 4.57 Å². The van der Waals surface area contributed by atoms with Gasteiger partial charge in [-0.05, 0) is 35.9 Å². The molecule has 1 aliphatic rings. The average Bonchev–Trinajstić information content (AvgIpc) is 3.17. The van der Waals surface area contributed by atoms with E-state index in [9.17, 15) is 23.9 Å². The highest BCUT2D eigenvalue weighted by molar-refractivity contribution is 6.33. The minimum absolute atomic E-state index is 0.140. The van der Waals surface area contributed by atoms with Crippen molar-refractivity contribution in [3.8, 4) is 17.5 Å². The quantitative estimate of drug-likeness (QED) is 0.510. The maximum atomic E-state index is 14.2. The van der Waals surface area contributed by atoms with Crippen LogP contribution in [0, 0.1) is 11.3 Å². The van der Waals surface area contributed by atoms with Crippen molar-refractivity contribution in [2.45, 2.75) is 24.0 Å². The number of halogens is 4. The Morgan fingerprint density at radius 2 is 2.09 bits per heavy atom. The smallest absolute Gasteiger partial charge is 0.382 e. The number of benzene rings is 2. The van der Waals surface area contributed by atoms with Crippen molar-refractivity contribution in [1.29, 1.82) is 5.26 Å². The minimum atomic E-state index is -3.92. The summed E-state index contributed by atoms with van der Waals surface area (Å²) in [6.45, 7) is 0. The summed E-state index contributed by atoms with van der Waals surface area (Å²) in [6, 6.07) is 11.2. The van der Waals surface area contributed by atoms with Crippen LogP contribution in [-0.2, 0) is 14.9 Å². The molecule has 0 unspecified atom stereocenters. The van der Waals surface area contributed by atoms with E-state index in [-0.39, 0.29) is 27.7 Å². The molecule has 12 heteroatoms. The van der Waals surface area contributed by atoms with Gasteiger partial charge in [0.05, 0.1) is 35.9 Å². The van der Waals surface area contributed by atoms with E-state index in [1.807, 2.05) is 6.07 Å². The first kappa shape index (κ1) is 22.9. The highest BCUT2D eigenvalue weighted by Crippen LogP contribution is 2.46. The molecule has 0 amide bonds. The van der Waals surface area contributed by atoms with E-state index in [4.69, 9.17) is 32.7 Å². The fourth-order valence-corrected chi connectivity index (χ4v) is 4.11. The number of nitrogens with zero attached hydrogens (tertiary/aromatic N) is 4. The van der Waals surface area contributed by atoms with Crippen LogP contribution in [0.25, 0.3) is 5.69 Å². The molecule has 4 rings (SSSR count). The fourth-order valence-electron chi connectivity index (χ4n) is 3.69. The largest absolute Gasteiger partial charge is 0.495 e. The lowest BCUT2D eigenvalue weighted by Crippen LogP contribution is -2.17. The van der Waals surface area contributed by atoms with Gasteiger partial charge in [0.15, 0.2) is 5.82 Å². The van der Waals surface area contributed by atoms with E-state index in [1.165, 1.54) is 25.3 Å². The number of fused-ring (bicyclic) bond motifs is 3. The molecule has 0 radical (unpaired) electrons. The second-order valence-electron chi connectivity index (χ2n) is 7.07. The Labute approximate surface area is 195 Å². The molecule has 2 heterocycles. The normalized spacial score (nSPS) is 17.5. The van der Waals surface area contributed by atoms with Crippen LogP contribution in [0.3, 0.4) is 0 Å². The van der Waals surface area contributed by atoms with Crippen molar-refractivity contribution in [2.24, 2.45) is 0 Å². The number of hydrogen-bond acceptors (Lipinski definition) is 6. The molecule has 0 saturated heterocycles. The van der Waals surface area contributed by atoms with Crippen molar-refractivity contribution >= 4 is 29.2 Å². The second kappa shape index (κ2) is 8.59. The Balaban J connectivity index is 2.05. The lowest BCUT2D eigenvalue weighted by Gasteiger charge is -2.23. The number of carboxylic acids is 1. The zero-order valence-corrected chi connectivity index (χ0v) is 18.3. The van der Waals surface area contributed by atoms with Crippen LogP contribution in [0.4, 0.5) is 8.78 Å². The van der Waals surface area contributed by atoms with Gasteiger partial charge < -0.3 is 14.6 Å². The maximum Gasteiger partial charge on any atom is 0.382 e. The predicted molar refractivity (Wildman–Crippen MR) is 112 cm³/mol. The molecule has 33 heavy (non-hydrogen) atoms. The Bertz CT molecular complexity index is 1290. The van der Waals surface area contributed by atoms with Gasteiger partial charge in [-0.15, -0.1) is 10.2 Å². The van der Waals surface area contributed by atoms with Crippen molar-refractivity contribution in [2.75, 3.05) is 7.11 Å². The number of methoxy groups -OCH3 is 1. The second-order valence-corrected chi connectivity index (χ2v) is 7.92. The number of aromatic nitrogens is 3. The SMILES string of the molecule is COc1cccc([C@@H]2O[C@@H](CC(=O)O)c3nnc(C(F)(F)Cl)n3-c3ccc(C#N)cc32)c1Cl. The van der Waals surface area contributed by atoms with Gasteiger partial charge in [-0.2, -0.15) is 14.0 Å². The zero-order chi connectivity index (χ0) is 23.9. The average molecular weight is 495 g/mol. The van der Waals surface area contributed by atoms with Crippen LogP contribution in [-0.4, -0.2) is 33.0 Å². The number of ether oxygens (including phenoxy) is 2. The summed E-state index contributed by atoms with van der Waals surface area (Å²) in [4.78, 5) is 11.6. The summed E-state index contributed by atoms with van der Waals surface area (Å²) >= 11 is 11.8. The van der Waals surface area contributed by atoms with Crippen LogP contribution >= 0.6 is 23.2 Å². The lowest BCUT2D eigenvalue weighted by atomic mass is 9.97. The molecule has 2 aromatic carbocycles. The molecule has 1 N–H and O–H groups in total. The topological polar surface area (TPSA) is 110 Å². The molecular formula is C21H14Cl2F2N4O4. The van der Waals surface area contributed by atoms with Gasteiger partial charge in [-0.25, -0.2) is 0 Å². The van der Waals surface area contributed by atoms with Crippen LogP contribution in [0.15, 0.2) is 36.4 Å². The molecule has 8 nitrogen and oxygen atoms in total. The van der Waals surface area contributed by atoms with Crippen molar-refractivity contribution in [3.05, 3.63) is 69.8 Å². The van der Waals surface area contributed by atoms with Gasteiger partial charge in [0, 0.05) is 11.1 Å². The molecule has 1 aliphatic heterocycles. The van der Waals surface area contributed by atoms with Crippen molar-refractivity contribution in [3.63, 3.8) is 0 Å². The predicted octanol–water partition coefficient (Wildman–Crippen LogP) is 4.72. The Hall–Kier alpha value is -3.26. The van der Waals surface area contributed by atoms with Gasteiger partial charge >= 0.3 is 11.4 Å². The molecule has 0 fully saturated rings. The van der Waals surface area contributed by atoms with Gasteiger partial charge in [0.25, 0.3) is 0 Å². The maximum absolute atomic E-state index is 14.2. The molecule has 0 spiro atoms. The molecule has 0 saturated carbocycles.